The molecule has 1 amide bonds. The molecule has 2 saturated heterocycles. The van der Waals surface area contributed by atoms with Gasteiger partial charge in [0.15, 0.2) is 0 Å². The first-order chi connectivity index (χ1) is 8.18. The molecule has 0 aromatic carbocycles. The van der Waals surface area contributed by atoms with Crippen molar-refractivity contribution in [3.05, 3.63) is 0 Å². The summed E-state index contributed by atoms with van der Waals surface area (Å²) >= 11 is 0. The highest BCUT2D eigenvalue weighted by atomic mass is 16.5. The average molecular weight is 241 g/mol. The number of hydrogen-bond donors (Lipinski definition) is 1. The Morgan fingerprint density at radius 1 is 1.24 bits per heavy atom. The van der Waals surface area contributed by atoms with E-state index in [-0.39, 0.29) is 12.0 Å². The van der Waals surface area contributed by atoms with E-state index in [2.05, 4.69) is 0 Å². The van der Waals surface area contributed by atoms with Crippen molar-refractivity contribution < 1.29 is 19.4 Å². The number of carboxylic acid groups (broad SMARTS) is 1. The zero-order valence-electron chi connectivity index (χ0n) is 9.93. The van der Waals surface area contributed by atoms with Crippen molar-refractivity contribution in [1.82, 2.24) is 4.90 Å². The van der Waals surface area contributed by atoms with Gasteiger partial charge in [-0.3, -0.25) is 4.79 Å². The third-order valence-electron chi connectivity index (χ3n) is 3.53. The Hall–Kier alpha value is -1.10. The molecule has 5 nitrogen and oxygen atoms in total. The number of carbonyl (C=O) groups is 2. The number of hydrogen-bond acceptors (Lipinski definition) is 3. The molecule has 0 aliphatic carbocycles. The number of rotatable bonds is 3. The lowest BCUT2D eigenvalue weighted by molar-refractivity contribution is -0.153. The molecule has 96 valence electrons. The van der Waals surface area contributed by atoms with Gasteiger partial charge in [-0.1, -0.05) is 0 Å². The van der Waals surface area contributed by atoms with E-state index in [0.717, 1.165) is 32.3 Å². The molecule has 0 radical (unpaired) electrons. The van der Waals surface area contributed by atoms with Crippen molar-refractivity contribution in [1.29, 1.82) is 0 Å². The molecule has 0 saturated carbocycles. The molecule has 0 spiro atoms. The van der Waals surface area contributed by atoms with Crippen LogP contribution < -0.4 is 0 Å². The predicted molar refractivity (Wildman–Crippen MR) is 60.6 cm³/mol. The second kappa shape index (κ2) is 5.49. The lowest BCUT2D eigenvalue weighted by atomic mass is 10.0. The molecule has 2 atom stereocenters. The van der Waals surface area contributed by atoms with Gasteiger partial charge >= 0.3 is 5.97 Å². The van der Waals surface area contributed by atoms with E-state index in [9.17, 15) is 9.59 Å². The molecular formula is C12H19NO4. The summed E-state index contributed by atoms with van der Waals surface area (Å²) in [7, 11) is 0. The fourth-order valence-corrected chi connectivity index (χ4v) is 2.60. The SMILES string of the molecule is O=C(O)[C@@H]1CCCCN1C(=O)CC1CCCO1. The lowest BCUT2D eigenvalue weighted by Gasteiger charge is -2.33. The highest BCUT2D eigenvalue weighted by molar-refractivity contribution is 5.84. The number of aliphatic carboxylic acids is 1. The first-order valence-electron chi connectivity index (χ1n) is 6.32. The Bertz CT molecular complexity index is 299. The molecule has 2 aliphatic rings. The summed E-state index contributed by atoms with van der Waals surface area (Å²) < 4.78 is 5.42. The second-order valence-corrected chi connectivity index (χ2v) is 4.78. The summed E-state index contributed by atoms with van der Waals surface area (Å²) in [6.07, 6.45) is 4.62. The van der Waals surface area contributed by atoms with E-state index in [1.54, 1.807) is 0 Å². The largest absolute Gasteiger partial charge is 0.480 e. The smallest absolute Gasteiger partial charge is 0.326 e. The van der Waals surface area contributed by atoms with Gasteiger partial charge < -0.3 is 14.7 Å². The highest BCUT2D eigenvalue weighted by Gasteiger charge is 2.33. The van der Waals surface area contributed by atoms with Gasteiger partial charge in [0.05, 0.1) is 12.5 Å². The Balaban J connectivity index is 1.93. The molecule has 2 rings (SSSR count). The van der Waals surface area contributed by atoms with Gasteiger partial charge in [0.2, 0.25) is 5.91 Å². The van der Waals surface area contributed by atoms with Gasteiger partial charge in [-0.05, 0) is 32.1 Å². The van der Waals surface area contributed by atoms with Gasteiger partial charge in [0.25, 0.3) is 0 Å². The van der Waals surface area contributed by atoms with Crippen molar-refractivity contribution in [2.24, 2.45) is 0 Å². The molecule has 0 bridgehead atoms. The second-order valence-electron chi connectivity index (χ2n) is 4.78. The molecule has 0 aromatic rings. The van der Waals surface area contributed by atoms with Crippen LogP contribution >= 0.6 is 0 Å². The van der Waals surface area contributed by atoms with Crippen LogP contribution in [0.15, 0.2) is 0 Å². The molecule has 17 heavy (non-hydrogen) atoms. The Kier molecular flexibility index (Phi) is 3.99. The highest BCUT2D eigenvalue weighted by Crippen LogP contribution is 2.21. The van der Waals surface area contributed by atoms with Crippen molar-refractivity contribution in [2.75, 3.05) is 13.2 Å². The van der Waals surface area contributed by atoms with Crippen LogP contribution in [0.5, 0.6) is 0 Å². The normalized spacial score (nSPS) is 29.3. The van der Waals surface area contributed by atoms with Crippen LogP contribution in [0, 0.1) is 0 Å². The number of ether oxygens (including phenoxy) is 1. The summed E-state index contributed by atoms with van der Waals surface area (Å²) in [5.74, 6) is -0.950. The van der Waals surface area contributed by atoms with Crippen molar-refractivity contribution in [3.63, 3.8) is 0 Å². The summed E-state index contributed by atoms with van der Waals surface area (Å²) in [5.41, 5.74) is 0. The molecule has 2 fully saturated rings. The number of carboxylic acids is 1. The third-order valence-corrected chi connectivity index (χ3v) is 3.53. The topological polar surface area (TPSA) is 66.8 Å². The summed E-state index contributed by atoms with van der Waals surface area (Å²) in [6.45, 7) is 1.29. The molecule has 2 heterocycles. The minimum absolute atomic E-state index is 0.00104. The summed E-state index contributed by atoms with van der Waals surface area (Å²) in [6, 6.07) is -0.627. The van der Waals surface area contributed by atoms with Crippen LogP contribution in [0.4, 0.5) is 0 Å². The van der Waals surface area contributed by atoms with Crippen LogP contribution in [0.3, 0.4) is 0 Å². The van der Waals surface area contributed by atoms with Gasteiger partial charge in [-0.2, -0.15) is 0 Å². The first-order valence-corrected chi connectivity index (χ1v) is 6.32. The number of amides is 1. The summed E-state index contributed by atoms with van der Waals surface area (Å²) in [4.78, 5) is 24.7. The van der Waals surface area contributed by atoms with E-state index in [1.165, 1.54) is 4.90 Å². The maximum absolute atomic E-state index is 12.1. The number of piperidine rings is 1. The fourth-order valence-electron chi connectivity index (χ4n) is 2.60. The zero-order chi connectivity index (χ0) is 12.3. The van der Waals surface area contributed by atoms with E-state index >= 15 is 0 Å². The monoisotopic (exact) mass is 241 g/mol. The quantitative estimate of drug-likeness (QED) is 0.801. The Labute approximate surface area is 101 Å². The maximum Gasteiger partial charge on any atom is 0.326 e. The Morgan fingerprint density at radius 3 is 2.71 bits per heavy atom. The van der Waals surface area contributed by atoms with Crippen molar-refractivity contribution >= 4 is 11.9 Å². The minimum Gasteiger partial charge on any atom is -0.480 e. The van der Waals surface area contributed by atoms with Gasteiger partial charge in [-0.25, -0.2) is 4.79 Å². The van der Waals surface area contributed by atoms with Gasteiger partial charge in [-0.15, -0.1) is 0 Å². The van der Waals surface area contributed by atoms with Gasteiger partial charge in [0, 0.05) is 13.2 Å². The molecule has 0 aromatic heterocycles. The van der Waals surface area contributed by atoms with Crippen molar-refractivity contribution in [2.45, 2.75) is 50.7 Å². The van der Waals surface area contributed by atoms with Crippen LogP contribution in [0.25, 0.3) is 0 Å². The fraction of sp³-hybridized carbons (Fsp3) is 0.833. The van der Waals surface area contributed by atoms with E-state index in [0.29, 0.717) is 19.4 Å². The Morgan fingerprint density at radius 2 is 2.06 bits per heavy atom. The molecule has 1 N–H and O–H groups in total. The third kappa shape index (κ3) is 2.97. The maximum atomic E-state index is 12.1. The molecule has 5 heteroatoms. The minimum atomic E-state index is -0.884. The molecule has 1 unspecified atom stereocenters. The van der Waals surface area contributed by atoms with E-state index in [4.69, 9.17) is 9.84 Å². The number of carbonyl (C=O) groups excluding carboxylic acids is 1. The summed E-state index contributed by atoms with van der Waals surface area (Å²) in [5, 5.41) is 9.09. The lowest BCUT2D eigenvalue weighted by Crippen LogP contribution is -2.48. The van der Waals surface area contributed by atoms with Crippen LogP contribution in [-0.2, 0) is 14.3 Å². The van der Waals surface area contributed by atoms with Gasteiger partial charge in [0.1, 0.15) is 6.04 Å². The predicted octanol–water partition coefficient (Wildman–Crippen LogP) is 1.02. The average Bonchev–Trinajstić information content (AvgIpc) is 2.81. The van der Waals surface area contributed by atoms with Crippen LogP contribution in [0.2, 0.25) is 0 Å². The standard InChI is InChI=1S/C12H19NO4/c14-11(8-9-4-3-7-17-9)13-6-2-1-5-10(13)12(15)16/h9-10H,1-8H2,(H,15,16)/t9?,10-/m0/s1. The molecule has 2 aliphatic heterocycles. The number of nitrogens with zero attached hydrogens (tertiary/aromatic N) is 1. The van der Waals surface area contributed by atoms with E-state index < -0.39 is 12.0 Å². The first kappa shape index (κ1) is 12.4. The van der Waals surface area contributed by atoms with Crippen molar-refractivity contribution in [3.8, 4) is 0 Å². The van der Waals surface area contributed by atoms with E-state index in [1.807, 2.05) is 0 Å². The molecular weight excluding hydrogens is 222 g/mol. The van der Waals surface area contributed by atoms with Crippen LogP contribution in [-0.4, -0.2) is 47.2 Å². The zero-order valence-corrected chi connectivity index (χ0v) is 9.93. The number of likely N-dealkylation sites (tertiary alicyclic amines) is 1. The van der Waals surface area contributed by atoms with Crippen LogP contribution in [0.1, 0.15) is 38.5 Å².